The molecular formula is C15H11N3Zn. The molecule has 3 heterocycles. The van der Waals surface area contributed by atoms with E-state index < -0.39 is 0 Å². The van der Waals surface area contributed by atoms with Crippen LogP contribution in [0.15, 0.2) is 67.1 Å². The van der Waals surface area contributed by atoms with Gasteiger partial charge in [0.2, 0.25) is 0 Å². The quantitative estimate of drug-likeness (QED) is 0.682. The predicted molar refractivity (Wildman–Crippen MR) is 70.7 cm³/mol. The van der Waals surface area contributed by atoms with Crippen LogP contribution in [0.5, 0.6) is 0 Å². The van der Waals surface area contributed by atoms with Gasteiger partial charge in [0.25, 0.3) is 0 Å². The standard InChI is InChI=1S/C15H11N3.Zn/c1-3-9-16-13(7-1)12-6-5-11-18-15(12)14-8-2-4-10-17-14;/h1-11H;. The number of hydrogen-bond acceptors (Lipinski definition) is 3. The average molecular weight is 299 g/mol. The Kier molecular flexibility index (Phi) is 4.48. The Morgan fingerprint density at radius 1 is 0.579 bits per heavy atom. The summed E-state index contributed by atoms with van der Waals surface area (Å²) in [5.41, 5.74) is 3.62. The van der Waals surface area contributed by atoms with Crippen molar-refractivity contribution in [2.75, 3.05) is 0 Å². The number of rotatable bonds is 2. The molecule has 0 aliphatic carbocycles. The maximum Gasteiger partial charge on any atom is 0.0980 e. The van der Waals surface area contributed by atoms with E-state index in [1.807, 2.05) is 48.5 Å². The van der Waals surface area contributed by atoms with Gasteiger partial charge in [-0.1, -0.05) is 12.1 Å². The Bertz CT molecular complexity index is 583. The fourth-order valence-electron chi connectivity index (χ4n) is 1.84. The Morgan fingerprint density at radius 2 is 1.21 bits per heavy atom. The molecule has 0 saturated carbocycles. The van der Waals surface area contributed by atoms with Gasteiger partial charge in [-0.2, -0.15) is 0 Å². The number of pyridine rings is 3. The van der Waals surface area contributed by atoms with Crippen LogP contribution in [-0.2, 0) is 19.5 Å². The first kappa shape index (κ1) is 13.5. The number of aromatic nitrogens is 3. The molecule has 0 amide bonds. The van der Waals surface area contributed by atoms with Gasteiger partial charge in [-0.3, -0.25) is 15.0 Å². The van der Waals surface area contributed by atoms with Crippen molar-refractivity contribution in [1.82, 2.24) is 15.0 Å². The van der Waals surface area contributed by atoms with Crippen LogP contribution in [-0.4, -0.2) is 15.0 Å². The van der Waals surface area contributed by atoms with Gasteiger partial charge in [-0.25, -0.2) is 0 Å². The van der Waals surface area contributed by atoms with Gasteiger partial charge in [0.15, 0.2) is 0 Å². The Labute approximate surface area is 124 Å². The van der Waals surface area contributed by atoms with E-state index >= 15 is 0 Å². The first-order valence-corrected chi connectivity index (χ1v) is 5.73. The smallest absolute Gasteiger partial charge is 0.0980 e. The summed E-state index contributed by atoms with van der Waals surface area (Å²) in [6, 6.07) is 15.6. The van der Waals surface area contributed by atoms with Gasteiger partial charge in [0.1, 0.15) is 0 Å². The largest absolute Gasteiger partial charge is 0.256 e. The van der Waals surface area contributed by atoms with Crippen molar-refractivity contribution in [2.24, 2.45) is 0 Å². The monoisotopic (exact) mass is 297 g/mol. The van der Waals surface area contributed by atoms with E-state index in [9.17, 15) is 0 Å². The summed E-state index contributed by atoms with van der Waals surface area (Å²) in [4.78, 5) is 13.1. The molecule has 4 heteroatoms. The van der Waals surface area contributed by atoms with Crippen LogP contribution in [0.3, 0.4) is 0 Å². The second-order valence-corrected chi connectivity index (χ2v) is 3.83. The molecule has 3 aromatic heterocycles. The van der Waals surface area contributed by atoms with Crippen LogP contribution in [0.1, 0.15) is 0 Å². The average Bonchev–Trinajstić information content (AvgIpc) is 2.49. The molecule has 0 spiro atoms. The Hall–Kier alpha value is -1.93. The number of nitrogens with zero attached hydrogens (tertiary/aromatic N) is 3. The fourth-order valence-corrected chi connectivity index (χ4v) is 1.84. The van der Waals surface area contributed by atoms with Gasteiger partial charge in [0, 0.05) is 43.6 Å². The minimum absolute atomic E-state index is 0. The van der Waals surface area contributed by atoms with Crippen LogP contribution in [0.2, 0.25) is 0 Å². The van der Waals surface area contributed by atoms with Crippen molar-refractivity contribution < 1.29 is 19.5 Å². The summed E-state index contributed by atoms with van der Waals surface area (Å²) in [6.45, 7) is 0. The zero-order valence-electron chi connectivity index (χ0n) is 10.4. The Morgan fingerprint density at radius 3 is 1.84 bits per heavy atom. The molecule has 0 atom stereocenters. The van der Waals surface area contributed by atoms with E-state index in [1.54, 1.807) is 18.6 Å². The second-order valence-electron chi connectivity index (χ2n) is 3.83. The van der Waals surface area contributed by atoms with E-state index in [1.165, 1.54) is 0 Å². The second kappa shape index (κ2) is 6.30. The van der Waals surface area contributed by atoms with Crippen LogP contribution < -0.4 is 0 Å². The predicted octanol–water partition coefficient (Wildman–Crippen LogP) is 3.20. The minimum atomic E-state index is 0. The van der Waals surface area contributed by atoms with Crippen molar-refractivity contribution in [3.05, 3.63) is 67.1 Å². The van der Waals surface area contributed by atoms with E-state index in [-0.39, 0.29) is 19.5 Å². The molecule has 0 aliphatic heterocycles. The van der Waals surface area contributed by atoms with Gasteiger partial charge in [-0.05, 0) is 36.4 Å². The summed E-state index contributed by atoms with van der Waals surface area (Å²) < 4.78 is 0. The third-order valence-electron chi connectivity index (χ3n) is 2.66. The maximum atomic E-state index is 4.42. The van der Waals surface area contributed by atoms with E-state index in [4.69, 9.17) is 0 Å². The van der Waals surface area contributed by atoms with Crippen molar-refractivity contribution in [3.63, 3.8) is 0 Å². The van der Waals surface area contributed by atoms with Gasteiger partial charge in [-0.15, -0.1) is 0 Å². The third-order valence-corrected chi connectivity index (χ3v) is 2.66. The zero-order chi connectivity index (χ0) is 12.2. The summed E-state index contributed by atoms with van der Waals surface area (Å²) in [5, 5.41) is 0. The molecular weight excluding hydrogens is 288 g/mol. The molecule has 3 nitrogen and oxygen atoms in total. The molecule has 0 aromatic carbocycles. The SMILES string of the molecule is [Zn].c1ccc(-c2cccnc2-c2ccccn2)nc1. The fraction of sp³-hybridized carbons (Fsp3) is 0. The molecule has 0 N–H and O–H groups in total. The third kappa shape index (κ3) is 2.91. The molecule has 0 unspecified atom stereocenters. The molecule has 19 heavy (non-hydrogen) atoms. The maximum absolute atomic E-state index is 4.42. The van der Waals surface area contributed by atoms with E-state index in [0.29, 0.717) is 0 Å². The van der Waals surface area contributed by atoms with Gasteiger partial charge >= 0.3 is 0 Å². The molecule has 88 valence electrons. The van der Waals surface area contributed by atoms with Crippen molar-refractivity contribution in [2.45, 2.75) is 0 Å². The van der Waals surface area contributed by atoms with Gasteiger partial charge < -0.3 is 0 Å². The first-order valence-electron chi connectivity index (χ1n) is 5.73. The van der Waals surface area contributed by atoms with E-state index in [0.717, 1.165) is 22.6 Å². The summed E-state index contributed by atoms with van der Waals surface area (Å²) in [5.74, 6) is 0. The normalized spacial score (nSPS) is 9.68. The molecule has 0 aliphatic rings. The zero-order valence-corrected chi connectivity index (χ0v) is 13.4. The van der Waals surface area contributed by atoms with E-state index in [2.05, 4.69) is 15.0 Å². The Balaban J connectivity index is 0.00000133. The molecule has 3 aromatic rings. The molecule has 0 radical (unpaired) electrons. The van der Waals surface area contributed by atoms with Crippen molar-refractivity contribution in [3.8, 4) is 22.6 Å². The summed E-state index contributed by atoms with van der Waals surface area (Å²) in [7, 11) is 0. The van der Waals surface area contributed by atoms with Crippen molar-refractivity contribution >= 4 is 0 Å². The van der Waals surface area contributed by atoms with Crippen LogP contribution in [0.25, 0.3) is 22.6 Å². The van der Waals surface area contributed by atoms with Crippen molar-refractivity contribution in [1.29, 1.82) is 0 Å². The molecule has 0 saturated heterocycles. The number of hydrogen-bond donors (Lipinski definition) is 0. The first-order chi connectivity index (χ1) is 8.95. The summed E-state index contributed by atoms with van der Waals surface area (Å²) >= 11 is 0. The molecule has 3 rings (SSSR count). The summed E-state index contributed by atoms with van der Waals surface area (Å²) in [6.07, 6.45) is 5.33. The van der Waals surface area contributed by atoms with Gasteiger partial charge in [0.05, 0.1) is 17.1 Å². The van der Waals surface area contributed by atoms with Crippen LogP contribution in [0, 0.1) is 0 Å². The molecule has 0 bridgehead atoms. The topological polar surface area (TPSA) is 38.7 Å². The van der Waals surface area contributed by atoms with Crippen LogP contribution >= 0.6 is 0 Å². The molecule has 0 fully saturated rings. The minimum Gasteiger partial charge on any atom is -0.256 e. The van der Waals surface area contributed by atoms with Crippen LogP contribution in [0.4, 0.5) is 0 Å².